The Hall–Kier alpha value is -2.07. The molecule has 3 N–H and O–H groups in total. The van der Waals surface area contributed by atoms with Gasteiger partial charge in [0, 0.05) is 18.0 Å². The van der Waals surface area contributed by atoms with Gasteiger partial charge >= 0.3 is 0 Å². The van der Waals surface area contributed by atoms with Crippen LogP contribution >= 0.6 is 11.3 Å². The molecule has 0 amide bonds. The Kier molecular flexibility index (Phi) is 4.39. The number of nitrogens with zero attached hydrogens (tertiary/aromatic N) is 2. The molecule has 0 bridgehead atoms. The highest BCUT2D eigenvalue weighted by molar-refractivity contribution is 7.89. The van der Waals surface area contributed by atoms with Crippen molar-refractivity contribution >= 4 is 31.6 Å². The number of nitrogens with two attached hydrogens (primary N) is 1. The van der Waals surface area contributed by atoms with Crippen molar-refractivity contribution in [3.8, 4) is 0 Å². The number of hydrogen-bond donors (Lipinski definition) is 2. The molecule has 0 radical (unpaired) electrons. The van der Waals surface area contributed by atoms with Crippen molar-refractivity contribution < 1.29 is 8.42 Å². The van der Waals surface area contributed by atoms with Gasteiger partial charge in [0.1, 0.15) is 4.83 Å². The fraction of sp³-hybridized carbons (Fsp3) is 0.294. The van der Waals surface area contributed by atoms with Crippen molar-refractivity contribution in [3.63, 3.8) is 0 Å². The van der Waals surface area contributed by atoms with E-state index in [1.807, 2.05) is 0 Å². The monoisotopic (exact) mass is 390 g/mol. The molecule has 0 saturated carbocycles. The summed E-state index contributed by atoms with van der Waals surface area (Å²) < 4.78 is 24.2. The number of aryl methyl sites for hydroxylation is 2. The number of rotatable bonds is 4. The van der Waals surface area contributed by atoms with Gasteiger partial charge in [-0.3, -0.25) is 9.36 Å². The Bertz CT molecular complexity index is 1130. The van der Waals surface area contributed by atoms with Crippen LogP contribution in [-0.4, -0.2) is 24.5 Å². The van der Waals surface area contributed by atoms with Crippen LogP contribution in [0.2, 0.25) is 0 Å². The smallest absolute Gasteiger partial charge is 0.262 e. The minimum absolute atomic E-state index is 0.00411. The van der Waals surface area contributed by atoms with Gasteiger partial charge in [-0.1, -0.05) is 12.1 Å². The summed E-state index contributed by atoms with van der Waals surface area (Å²) in [5.74, 6) is 0. The first-order valence-electron chi connectivity index (χ1n) is 8.25. The van der Waals surface area contributed by atoms with E-state index in [-0.39, 0.29) is 10.5 Å². The molecular weight excluding hydrogens is 372 g/mol. The lowest BCUT2D eigenvalue weighted by Crippen LogP contribution is -2.25. The maximum absolute atomic E-state index is 12.9. The number of primary sulfonamides is 1. The van der Waals surface area contributed by atoms with E-state index in [1.54, 1.807) is 34.4 Å². The second-order valence-electron chi connectivity index (χ2n) is 6.29. The third-order valence-electron chi connectivity index (χ3n) is 4.59. The topological polar surface area (TPSA) is 107 Å². The van der Waals surface area contributed by atoms with E-state index in [0.717, 1.165) is 40.9 Å². The van der Waals surface area contributed by atoms with Crippen LogP contribution in [0.25, 0.3) is 10.2 Å². The predicted molar refractivity (Wildman–Crippen MR) is 101 cm³/mol. The van der Waals surface area contributed by atoms with E-state index in [9.17, 15) is 13.2 Å². The molecular formula is C17H18N4O3S2. The van der Waals surface area contributed by atoms with E-state index < -0.39 is 10.0 Å². The molecule has 4 rings (SSSR count). The highest BCUT2D eigenvalue weighted by atomic mass is 32.2. The van der Waals surface area contributed by atoms with E-state index in [2.05, 4.69) is 10.3 Å². The predicted octanol–water partition coefficient (Wildman–Crippen LogP) is 0.994. The van der Waals surface area contributed by atoms with Gasteiger partial charge in [-0.25, -0.2) is 18.5 Å². The van der Waals surface area contributed by atoms with Gasteiger partial charge in [-0.15, -0.1) is 11.3 Å². The van der Waals surface area contributed by atoms with Crippen LogP contribution in [0, 0.1) is 0 Å². The number of thiophene rings is 1. The first-order valence-corrected chi connectivity index (χ1v) is 10.6. The second-order valence-corrected chi connectivity index (χ2v) is 8.94. The lowest BCUT2D eigenvalue weighted by Gasteiger charge is -2.12. The Morgan fingerprint density at radius 3 is 2.77 bits per heavy atom. The molecule has 1 aliphatic heterocycles. The third-order valence-corrected chi connectivity index (χ3v) is 6.66. The molecule has 26 heavy (non-hydrogen) atoms. The summed E-state index contributed by atoms with van der Waals surface area (Å²) in [6, 6.07) is 6.40. The molecule has 2 aromatic heterocycles. The number of benzene rings is 1. The van der Waals surface area contributed by atoms with Crippen LogP contribution in [0.1, 0.15) is 16.0 Å². The largest absolute Gasteiger partial charge is 0.312 e. The highest BCUT2D eigenvalue weighted by Crippen LogP contribution is 2.29. The third kappa shape index (κ3) is 3.18. The Labute approximate surface area is 154 Å². The van der Waals surface area contributed by atoms with Gasteiger partial charge in [0.25, 0.3) is 5.56 Å². The summed E-state index contributed by atoms with van der Waals surface area (Å²) in [7, 11) is -3.69. The summed E-state index contributed by atoms with van der Waals surface area (Å²) in [4.78, 5) is 19.4. The Balaban J connectivity index is 1.60. The summed E-state index contributed by atoms with van der Waals surface area (Å²) >= 11 is 1.59. The van der Waals surface area contributed by atoms with E-state index in [0.29, 0.717) is 13.0 Å². The van der Waals surface area contributed by atoms with Gasteiger partial charge in [-0.2, -0.15) is 0 Å². The number of fused-ring (bicyclic) bond motifs is 3. The molecule has 0 spiro atoms. The van der Waals surface area contributed by atoms with Crippen LogP contribution in [-0.2, 0) is 36.0 Å². The molecule has 0 aliphatic carbocycles. The first kappa shape index (κ1) is 17.3. The van der Waals surface area contributed by atoms with Crippen LogP contribution in [0.15, 0.2) is 40.3 Å². The normalized spacial score (nSPS) is 14.5. The zero-order valence-electron chi connectivity index (χ0n) is 13.9. The van der Waals surface area contributed by atoms with E-state index >= 15 is 0 Å². The summed E-state index contributed by atoms with van der Waals surface area (Å²) in [6.45, 7) is 2.16. The fourth-order valence-electron chi connectivity index (χ4n) is 3.20. The molecule has 1 aliphatic rings. The molecule has 0 unspecified atom stereocenters. The maximum atomic E-state index is 12.9. The zero-order chi connectivity index (χ0) is 18.3. The van der Waals surface area contributed by atoms with Crippen LogP contribution < -0.4 is 16.0 Å². The lowest BCUT2D eigenvalue weighted by molar-refractivity contribution is 0.597. The lowest BCUT2D eigenvalue weighted by atomic mass is 10.1. The minimum atomic E-state index is -3.69. The van der Waals surface area contributed by atoms with Crippen LogP contribution in [0.5, 0.6) is 0 Å². The van der Waals surface area contributed by atoms with Crippen LogP contribution in [0.3, 0.4) is 0 Å². The SMILES string of the molecule is NS(=O)(=O)c1ccc(CCn2cnc3sc4c(c3c2=O)CCNC4)cc1. The molecule has 0 fully saturated rings. The maximum Gasteiger partial charge on any atom is 0.262 e. The second kappa shape index (κ2) is 6.58. The zero-order valence-corrected chi connectivity index (χ0v) is 15.6. The number of hydrogen-bond acceptors (Lipinski definition) is 6. The standard InChI is InChI=1S/C17H18N4O3S2/c18-26(23,24)12-3-1-11(2-4-12)6-8-21-10-20-16-15(17(21)22)13-5-7-19-9-14(13)25-16/h1-4,10,19H,5-9H2,(H2,18,23,24). The quantitative estimate of drug-likeness (QED) is 0.691. The summed E-state index contributed by atoms with van der Waals surface area (Å²) in [6.07, 6.45) is 3.05. The van der Waals surface area contributed by atoms with E-state index in [1.165, 1.54) is 17.0 Å². The number of aromatic nitrogens is 2. The van der Waals surface area contributed by atoms with E-state index in [4.69, 9.17) is 5.14 Å². The highest BCUT2D eigenvalue weighted by Gasteiger charge is 2.19. The van der Waals surface area contributed by atoms with Crippen molar-refractivity contribution in [2.75, 3.05) is 6.54 Å². The summed E-state index contributed by atoms with van der Waals surface area (Å²) in [5, 5.41) is 9.17. The number of sulfonamides is 1. The van der Waals surface area contributed by atoms with Crippen molar-refractivity contribution in [1.29, 1.82) is 0 Å². The molecule has 0 saturated heterocycles. The molecule has 9 heteroatoms. The molecule has 7 nitrogen and oxygen atoms in total. The van der Waals surface area contributed by atoms with Gasteiger partial charge in [-0.05, 0) is 42.6 Å². The molecule has 1 aromatic carbocycles. The van der Waals surface area contributed by atoms with Crippen molar-refractivity contribution in [3.05, 3.63) is 57.0 Å². The van der Waals surface area contributed by atoms with Crippen LogP contribution in [0.4, 0.5) is 0 Å². The van der Waals surface area contributed by atoms with Gasteiger partial charge in [0.2, 0.25) is 10.0 Å². The van der Waals surface area contributed by atoms with Crippen molar-refractivity contribution in [2.24, 2.45) is 5.14 Å². The molecule has 3 aromatic rings. The number of nitrogens with one attached hydrogen (secondary N) is 1. The average Bonchev–Trinajstić information content (AvgIpc) is 3.00. The first-order chi connectivity index (χ1) is 12.4. The minimum Gasteiger partial charge on any atom is -0.312 e. The van der Waals surface area contributed by atoms with Gasteiger partial charge in [0.05, 0.1) is 16.6 Å². The average molecular weight is 390 g/mol. The van der Waals surface area contributed by atoms with Crippen molar-refractivity contribution in [2.45, 2.75) is 30.8 Å². The van der Waals surface area contributed by atoms with Gasteiger partial charge in [0.15, 0.2) is 0 Å². The molecule has 3 heterocycles. The van der Waals surface area contributed by atoms with Gasteiger partial charge < -0.3 is 5.32 Å². The Morgan fingerprint density at radius 1 is 1.27 bits per heavy atom. The Morgan fingerprint density at radius 2 is 2.04 bits per heavy atom. The fourth-order valence-corrected chi connectivity index (χ4v) is 4.87. The summed E-state index contributed by atoms with van der Waals surface area (Å²) in [5.41, 5.74) is 2.06. The van der Waals surface area contributed by atoms with Crippen molar-refractivity contribution in [1.82, 2.24) is 14.9 Å². The molecule has 0 atom stereocenters. The molecule has 136 valence electrons.